The van der Waals surface area contributed by atoms with Crippen LogP contribution in [0.5, 0.6) is 17.2 Å². The van der Waals surface area contributed by atoms with Gasteiger partial charge in [-0.05, 0) is 85.6 Å². The van der Waals surface area contributed by atoms with Gasteiger partial charge in [0.1, 0.15) is 5.70 Å². The zero-order chi connectivity index (χ0) is 32.3. The molecule has 0 aromatic heterocycles. The first-order valence-electron chi connectivity index (χ1n) is 14.0. The second-order valence-corrected chi connectivity index (χ2v) is 11.4. The first kappa shape index (κ1) is 32.7. The first-order chi connectivity index (χ1) is 21.7. The maximum absolute atomic E-state index is 13.6. The Kier molecular flexibility index (Phi) is 11.3. The monoisotopic (exact) mass is 625 g/mol. The third kappa shape index (κ3) is 8.90. The van der Waals surface area contributed by atoms with Gasteiger partial charge in [0.25, 0.3) is 11.8 Å². The van der Waals surface area contributed by atoms with Gasteiger partial charge in [0.15, 0.2) is 11.5 Å². The summed E-state index contributed by atoms with van der Waals surface area (Å²) in [6.45, 7) is 3.78. The van der Waals surface area contributed by atoms with E-state index < -0.39 is 17.1 Å². The van der Waals surface area contributed by atoms with Crippen LogP contribution in [0.15, 0.2) is 102 Å². The Bertz CT molecular complexity index is 1680. The number of carbonyl (C=O) groups is 3. The molecular formula is C35H35N3O6S. The lowest BCUT2D eigenvalue weighted by Crippen LogP contribution is -2.30. The molecule has 0 aliphatic heterocycles. The highest BCUT2D eigenvalue weighted by Gasteiger charge is 2.19. The largest absolute Gasteiger partial charge is 0.493 e. The highest BCUT2D eigenvalue weighted by molar-refractivity contribution is 8.00. The van der Waals surface area contributed by atoms with Crippen LogP contribution < -0.4 is 30.2 Å². The van der Waals surface area contributed by atoms with Gasteiger partial charge in [-0.2, -0.15) is 0 Å². The molecule has 0 saturated carbocycles. The van der Waals surface area contributed by atoms with Crippen LogP contribution in [0, 0.1) is 6.92 Å². The third-order valence-corrected chi connectivity index (χ3v) is 7.68. The number of anilines is 2. The Labute approximate surface area is 267 Å². The number of thioether (sulfide) groups is 1. The summed E-state index contributed by atoms with van der Waals surface area (Å²) in [4.78, 5) is 40.3. The van der Waals surface area contributed by atoms with E-state index in [0.717, 1.165) is 16.1 Å². The Morgan fingerprint density at radius 3 is 2.02 bits per heavy atom. The minimum atomic E-state index is -0.555. The van der Waals surface area contributed by atoms with Crippen LogP contribution >= 0.6 is 11.8 Å². The van der Waals surface area contributed by atoms with E-state index in [9.17, 15) is 14.4 Å². The molecule has 4 rings (SSSR count). The second-order valence-electron chi connectivity index (χ2n) is 9.94. The van der Waals surface area contributed by atoms with Gasteiger partial charge >= 0.3 is 0 Å². The molecule has 0 bridgehead atoms. The molecule has 232 valence electrons. The maximum Gasteiger partial charge on any atom is 0.272 e. The molecule has 1 unspecified atom stereocenters. The van der Waals surface area contributed by atoms with Gasteiger partial charge in [0.2, 0.25) is 11.7 Å². The Balaban J connectivity index is 1.57. The van der Waals surface area contributed by atoms with Crippen molar-refractivity contribution in [1.82, 2.24) is 5.32 Å². The van der Waals surface area contributed by atoms with E-state index in [2.05, 4.69) is 16.0 Å². The SMILES string of the molecule is COc1cc(/C=C(/NC(=O)c2ccccc2)C(=O)Nc2cccc(SC(C)C(=O)Nc3cccc(C)c3)c2)cc(OC)c1OC. The molecule has 10 heteroatoms. The van der Waals surface area contributed by atoms with E-state index >= 15 is 0 Å². The van der Waals surface area contributed by atoms with Gasteiger partial charge in [-0.25, -0.2) is 0 Å². The van der Waals surface area contributed by atoms with Crippen LogP contribution in [-0.2, 0) is 9.59 Å². The van der Waals surface area contributed by atoms with Crippen molar-refractivity contribution in [3.8, 4) is 17.2 Å². The van der Waals surface area contributed by atoms with Crippen LogP contribution in [0.1, 0.15) is 28.4 Å². The zero-order valence-electron chi connectivity index (χ0n) is 25.7. The molecule has 0 aliphatic carbocycles. The summed E-state index contributed by atoms with van der Waals surface area (Å²) in [6.07, 6.45) is 1.52. The van der Waals surface area contributed by atoms with Crippen LogP contribution in [0.25, 0.3) is 6.08 Å². The summed E-state index contributed by atoms with van der Waals surface area (Å²) in [5.74, 6) is 0.0273. The van der Waals surface area contributed by atoms with Crippen LogP contribution in [-0.4, -0.2) is 44.3 Å². The predicted molar refractivity (Wildman–Crippen MR) is 178 cm³/mol. The van der Waals surface area contributed by atoms with Gasteiger partial charge < -0.3 is 30.2 Å². The Morgan fingerprint density at radius 2 is 1.40 bits per heavy atom. The molecule has 0 aliphatic rings. The molecule has 0 spiro atoms. The van der Waals surface area contributed by atoms with Gasteiger partial charge in [0, 0.05) is 21.8 Å². The third-order valence-electron chi connectivity index (χ3n) is 6.59. The standard InChI is InChI=1S/C35H35N3O6S/c1-22-11-9-14-26(17-22)36-33(39)23(2)45-28-16-10-15-27(21-28)37-35(41)29(38-34(40)25-12-7-6-8-13-25)18-24-19-30(42-3)32(44-5)31(20-24)43-4/h6-21,23H,1-5H3,(H,36,39)(H,37,41)(H,38,40)/b29-18+. The van der Waals surface area contributed by atoms with Crippen molar-refractivity contribution < 1.29 is 28.6 Å². The molecule has 0 saturated heterocycles. The average Bonchev–Trinajstić information content (AvgIpc) is 3.04. The molecule has 1 atom stereocenters. The molecule has 0 heterocycles. The van der Waals surface area contributed by atoms with Gasteiger partial charge in [0.05, 0.1) is 26.6 Å². The smallest absolute Gasteiger partial charge is 0.272 e. The highest BCUT2D eigenvalue weighted by atomic mass is 32.2. The number of ether oxygens (including phenoxy) is 3. The van der Waals surface area contributed by atoms with Crippen molar-refractivity contribution in [1.29, 1.82) is 0 Å². The fraction of sp³-hybridized carbons (Fsp3) is 0.171. The van der Waals surface area contributed by atoms with E-state index in [4.69, 9.17) is 14.2 Å². The molecule has 9 nitrogen and oxygen atoms in total. The summed E-state index contributed by atoms with van der Waals surface area (Å²) >= 11 is 1.36. The number of aryl methyl sites for hydroxylation is 1. The minimum absolute atomic E-state index is 0.0120. The molecular weight excluding hydrogens is 590 g/mol. The summed E-state index contributed by atoms with van der Waals surface area (Å²) in [7, 11) is 4.49. The second kappa shape index (κ2) is 15.5. The van der Waals surface area contributed by atoms with Gasteiger partial charge in [-0.15, -0.1) is 11.8 Å². The topological polar surface area (TPSA) is 115 Å². The van der Waals surface area contributed by atoms with E-state index in [1.54, 1.807) is 60.7 Å². The lowest BCUT2D eigenvalue weighted by molar-refractivity contribution is -0.115. The summed E-state index contributed by atoms with van der Waals surface area (Å²) < 4.78 is 16.3. The summed E-state index contributed by atoms with van der Waals surface area (Å²) in [5.41, 5.74) is 3.17. The lowest BCUT2D eigenvalue weighted by atomic mass is 10.1. The maximum atomic E-state index is 13.6. The van der Waals surface area contributed by atoms with Crippen molar-refractivity contribution in [3.05, 3.63) is 113 Å². The molecule has 45 heavy (non-hydrogen) atoms. The molecule has 4 aromatic carbocycles. The molecule has 4 aromatic rings. The van der Waals surface area contributed by atoms with Crippen molar-refractivity contribution in [3.63, 3.8) is 0 Å². The van der Waals surface area contributed by atoms with E-state index in [1.165, 1.54) is 39.2 Å². The molecule has 0 fully saturated rings. The first-order valence-corrected chi connectivity index (χ1v) is 14.9. The molecule has 0 radical (unpaired) electrons. The number of nitrogens with one attached hydrogen (secondary N) is 3. The Morgan fingerprint density at radius 1 is 0.756 bits per heavy atom. The summed E-state index contributed by atoms with van der Waals surface area (Å²) in [5, 5.41) is 8.13. The van der Waals surface area contributed by atoms with Crippen LogP contribution in [0.4, 0.5) is 11.4 Å². The number of hydrogen-bond donors (Lipinski definition) is 3. The summed E-state index contributed by atoms with van der Waals surface area (Å²) in [6, 6.07) is 26.7. The number of methoxy groups -OCH3 is 3. The number of hydrogen-bond acceptors (Lipinski definition) is 7. The quantitative estimate of drug-likeness (QED) is 0.121. The van der Waals surface area contributed by atoms with E-state index in [1.807, 2.05) is 44.2 Å². The normalized spacial score (nSPS) is 11.6. The molecule has 3 amide bonds. The molecule has 3 N–H and O–H groups in total. The van der Waals surface area contributed by atoms with Gasteiger partial charge in [-0.1, -0.05) is 36.4 Å². The van der Waals surface area contributed by atoms with Gasteiger partial charge in [-0.3, -0.25) is 14.4 Å². The highest BCUT2D eigenvalue weighted by Crippen LogP contribution is 2.38. The average molecular weight is 626 g/mol. The van der Waals surface area contributed by atoms with Crippen molar-refractivity contribution in [2.75, 3.05) is 32.0 Å². The number of rotatable bonds is 12. The van der Waals surface area contributed by atoms with Crippen molar-refractivity contribution >= 4 is 46.9 Å². The van der Waals surface area contributed by atoms with Crippen LogP contribution in [0.2, 0.25) is 0 Å². The zero-order valence-corrected chi connectivity index (χ0v) is 26.5. The minimum Gasteiger partial charge on any atom is -0.493 e. The Hall–Kier alpha value is -5.22. The van der Waals surface area contributed by atoms with Crippen molar-refractivity contribution in [2.24, 2.45) is 0 Å². The number of carbonyl (C=O) groups excluding carboxylic acids is 3. The fourth-order valence-corrected chi connectivity index (χ4v) is 5.29. The van der Waals surface area contributed by atoms with E-state index in [-0.39, 0.29) is 11.6 Å². The van der Waals surface area contributed by atoms with Crippen LogP contribution in [0.3, 0.4) is 0 Å². The number of amides is 3. The fourth-order valence-electron chi connectivity index (χ4n) is 4.36. The predicted octanol–water partition coefficient (Wildman–Crippen LogP) is 6.55. The number of benzene rings is 4. The van der Waals surface area contributed by atoms with E-state index in [0.29, 0.717) is 34.1 Å². The lowest BCUT2D eigenvalue weighted by Gasteiger charge is -2.15. The van der Waals surface area contributed by atoms with Crippen molar-refractivity contribution in [2.45, 2.75) is 24.0 Å².